The molecule has 18 heavy (non-hydrogen) atoms. The van der Waals surface area contributed by atoms with Gasteiger partial charge in [0.15, 0.2) is 0 Å². The van der Waals surface area contributed by atoms with E-state index in [1.54, 1.807) is 11.8 Å². The minimum Gasteiger partial charge on any atom is -0.487 e. The lowest BCUT2D eigenvalue weighted by atomic mass is 10.8. The monoisotopic (exact) mass is 306 g/mol. The van der Waals surface area contributed by atoms with E-state index in [0.29, 0.717) is 19.2 Å². The van der Waals surface area contributed by atoms with Crippen LogP contribution in [0, 0.1) is 0 Å². The molecule has 0 amide bonds. The first-order chi connectivity index (χ1) is 8.68. The molecule has 0 aromatic carbocycles. The van der Waals surface area contributed by atoms with Crippen molar-refractivity contribution in [2.24, 2.45) is 0 Å². The largest absolute Gasteiger partial charge is 0.487 e. The van der Waals surface area contributed by atoms with Gasteiger partial charge in [0.05, 0.1) is 6.61 Å². The van der Waals surface area contributed by atoms with Crippen molar-refractivity contribution in [3.63, 3.8) is 0 Å². The van der Waals surface area contributed by atoms with Crippen molar-refractivity contribution in [1.29, 1.82) is 0 Å². The quantitative estimate of drug-likeness (QED) is 0.678. The molecule has 3 saturated heterocycles. The minimum absolute atomic E-state index is 0.454. The van der Waals surface area contributed by atoms with E-state index < -0.39 is 0 Å². The zero-order valence-electron chi connectivity index (χ0n) is 10.3. The maximum absolute atomic E-state index is 4.92. The first kappa shape index (κ1) is 15.7. The third kappa shape index (κ3) is 7.89. The summed E-state index contributed by atoms with van der Waals surface area (Å²) >= 11 is 5.41. The number of rotatable bonds is 0. The number of hydrogen-bond acceptors (Lipinski definition) is 6. The fourth-order valence-corrected chi connectivity index (χ4v) is 3.57. The molecule has 0 aliphatic carbocycles. The molecular weight excluding hydrogens is 288 g/mol. The molecule has 0 spiro atoms. The van der Waals surface area contributed by atoms with Gasteiger partial charge < -0.3 is 14.2 Å². The van der Waals surface area contributed by atoms with Crippen LogP contribution in [0.3, 0.4) is 0 Å². The van der Waals surface area contributed by atoms with E-state index in [0.717, 1.165) is 17.5 Å². The Bertz CT molecular complexity index is 233. The van der Waals surface area contributed by atoms with Crippen molar-refractivity contribution in [3.05, 3.63) is 35.0 Å². The summed E-state index contributed by atoms with van der Waals surface area (Å²) in [5.74, 6) is 4.07. The Hall–Kier alpha value is -0.330. The molecule has 0 atom stereocenters. The SMILES string of the molecule is C=C1OCCO1.C=C1OCCS1.C=C1SCCS1. The summed E-state index contributed by atoms with van der Waals surface area (Å²) in [6.45, 7) is 13.0. The van der Waals surface area contributed by atoms with Gasteiger partial charge >= 0.3 is 0 Å². The van der Waals surface area contributed by atoms with Crippen molar-refractivity contribution >= 4 is 35.3 Å². The summed E-state index contributed by atoms with van der Waals surface area (Å²) in [4.78, 5) is 0. The summed E-state index contributed by atoms with van der Waals surface area (Å²) in [5.41, 5.74) is 0. The van der Waals surface area contributed by atoms with Gasteiger partial charge in [-0.2, -0.15) is 0 Å². The lowest BCUT2D eigenvalue weighted by Crippen LogP contribution is -1.79. The second-order valence-electron chi connectivity index (χ2n) is 3.21. The number of hydrogen-bond donors (Lipinski definition) is 0. The van der Waals surface area contributed by atoms with Crippen LogP contribution in [-0.4, -0.2) is 37.1 Å². The molecule has 3 nitrogen and oxygen atoms in total. The van der Waals surface area contributed by atoms with E-state index in [2.05, 4.69) is 19.7 Å². The van der Waals surface area contributed by atoms with E-state index >= 15 is 0 Å². The Labute approximate surface area is 121 Å². The van der Waals surface area contributed by atoms with Gasteiger partial charge in [-0.1, -0.05) is 18.3 Å². The Balaban J connectivity index is 0.000000135. The third-order valence-electron chi connectivity index (χ3n) is 1.83. The van der Waals surface area contributed by atoms with Crippen molar-refractivity contribution in [2.75, 3.05) is 37.1 Å². The molecule has 0 unspecified atom stereocenters. The van der Waals surface area contributed by atoms with Gasteiger partial charge in [0.25, 0.3) is 5.95 Å². The summed E-state index contributed by atoms with van der Waals surface area (Å²) in [6.07, 6.45) is 0. The molecule has 0 aromatic heterocycles. The van der Waals surface area contributed by atoms with Crippen LogP contribution in [0.1, 0.15) is 0 Å². The van der Waals surface area contributed by atoms with Gasteiger partial charge in [0.2, 0.25) is 0 Å². The van der Waals surface area contributed by atoms with Gasteiger partial charge in [-0.25, -0.2) is 0 Å². The fraction of sp³-hybridized carbons (Fsp3) is 0.500. The predicted octanol–water partition coefficient (Wildman–Crippen LogP) is 3.66. The zero-order valence-corrected chi connectivity index (χ0v) is 12.8. The molecule has 0 N–H and O–H groups in total. The van der Waals surface area contributed by atoms with Gasteiger partial charge in [0.1, 0.15) is 18.3 Å². The Kier molecular flexibility index (Phi) is 8.37. The highest BCUT2D eigenvalue weighted by Gasteiger charge is 2.03. The standard InChI is InChI=1S/C4H6O2.C4H6OS.C4H6S2/c3*1-4-5-2-3-6-4/h3*1-3H2. The number of thioether (sulfide) groups is 3. The smallest absolute Gasteiger partial charge is 0.271 e. The lowest BCUT2D eigenvalue weighted by Gasteiger charge is -1.87. The van der Waals surface area contributed by atoms with Crippen molar-refractivity contribution in [1.82, 2.24) is 0 Å². The van der Waals surface area contributed by atoms with Crippen molar-refractivity contribution in [2.45, 2.75) is 0 Å². The molecule has 0 aromatic rings. The van der Waals surface area contributed by atoms with Crippen LogP contribution in [0.5, 0.6) is 0 Å². The maximum atomic E-state index is 4.92. The highest BCUT2D eigenvalue weighted by Crippen LogP contribution is 2.33. The van der Waals surface area contributed by atoms with Crippen LogP contribution in [0.2, 0.25) is 0 Å². The average Bonchev–Trinajstić information content (AvgIpc) is 3.05. The average molecular weight is 306 g/mol. The first-order valence-corrected chi connectivity index (χ1v) is 8.47. The van der Waals surface area contributed by atoms with E-state index in [1.807, 2.05) is 23.5 Å². The van der Waals surface area contributed by atoms with Crippen molar-refractivity contribution in [3.8, 4) is 0 Å². The van der Waals surface area contributed by atoms with E-state index in [4.69, 9.17) is 14.2 Å². The minimum atomic E-state index is 0.454. The normalized spacial score (nSPS) is 21.0. The van der Waals surface area contributed by atoms with Crippen LogP contribution >= 0.6 is 35.3 Å². The highest BCUT2D eigenvalue weighted by atomic mass is 32.2. The van der Waals surface area contributed by atoms with Crippen LogP contribution in [0.25, 0.3) is 0 Å². The Morgan fingerprint density at radius 3 is 1.50 bits per heavy atom. The predicted molar refractivity (Wildman–Crippen MR) is 82.7 cm³/mol. The van der Waals surface area contributed by atoms with Crippen LogP contribution in [-0.2, 0) is 14.2 Å². The Morgan fingerprint density at radius 2 is 1.33 bits per heavy atom. The van der Waals surface area contributed by atoms with E-state index in [-0.39, 0.29) is 0 Å². The second kappa shape index (κ2) is 9.58. The molecule has 0 bridgehead atoms. The molecule has 3 aliphatic heterocycles. The van der Waals surface area contributed by atoms with E-state index in [9.17, 15) is 0 Å². The van der Waals surface area contributed by atoms with Gasteiger partial charge in [-0.3, -0.25) is 0 Å². The molecule has 3 aliphatic rings. The molecule has 102 valence electrons. The molecule has 0 radical (unpaired) electrons. The molecule has 3 fully saturated rings. The first-order valence-electron chi connectivity index (χ1n) is 5.52. The second-order valence-corrected chi connectivity index (χ2v) is 7.00. The maximum Gasteiger partial charge on any atom is 0.271 e. The fourth-order valence-electron chi connectivity index (χ4n) is 1.06. The summed E-state index contributed by atoms with van der Waals surface area (Å²) in [7, 11) is 0. The molecule has 0 saturated carbocycles. The van der Waals surface area contributed by atoms with Crippen LogP contribution in [0.15, 0.2) is 35.0 Å². The molecule has 3 rings (SSSR count). The van der Waals surface area contributed by atoms with Gasteiger partial charge in [0, 0.05) is 21.5 Å². The molecule has 6 heteroatoms. The molecule has 3 heterocycles. The van der Waals surface area contributed by atoms with Gasteiger partial charge in [-0.15, -0.1) is 23.5 Å². The van der Waals surface area contributed by atoms with Crippen molar-refractivity contribution < 1.29 is 14.2 Å². The zero-order chi connectivity index (χ0) is 13.2. The topological polar surface area (TPSA) is 27.7 Å². The van der Waals surface area contributed by atoms with Gasteiger partial charge in [-0.05, 0) is 13.2 Å². The summed E-state index contributed by atoms with van der Waals surface area (Å²) in [6, 6.07) is 0. The lowest BCUT2D eigenvalue weighted by molar-refractivity contribution is 0.178. The van der Waals surface area contributed by atoms with Crippen LogP contribution in [0.4, 0.5) is 0 Å². The highest BCUT2D eigenvalue weighted by molar-refractivity contribution is 8.25. The molecular formula is C12H18O3S3. The third-order valence-corrected chi connectivity index (χ3v) is 5.06. The summed E-state index contributed by atoms with van der Waals surface area (Å²) in [5, 5.41) is 0.870. The Morgan fingerprint density at radius 1 is 0.722 bits per heavy atom. The summed E-state index contributed by atoms with van der Waals surface area (Å²) < 4.78 is 15.7. The van der Waals surface area contributed by atoms with Crippen LogP contribution < -0.4 is 0 Å². The van der Waals surface area contributed by atoms with E-state index in [1.165, 1.54) is 15.7 Å². The number of ether oxygens (including phenoxy) is 3.